The van der Waals surface area contributed by atoms with E-state index >= 15 is 0 Å². The molecule has 0 heteroatoms. The van der Waals surface area contributed by atoms with Crippen LogP contribution in [0.15, 0.2) is 61.2 Å². The van der Waals surface area contributed by atoms with Gasteiger partial charge in [0.15, 0.2) is 0 Å². The van der Waals surface area contributed by atoms with Gasteiger partial charge in [-0.3, -0.25) is 0 Å². The van der Waals surface area contributed by atoms with Gasteiger partial charge >= 0.3 is 0 Å². The number of allylic oxidation sites excluding steroid dienone is 1. The molecule has 1 aliphatic rings. The van der Waals surface area contributed by atoms with Gasteiger partial charge in [-0.25, -0.2) is 0 Å². The maximum atomic E-state index is 3.78. The summed E-state index contributed by atoms with van der Waals surface area (Å²) in [5, 5.41) is 0. The van der Waals surface area contributed by atoms with Gasteiger partial charge in [-0.1, -0.05) is 87.1 Å². The first-order valence-corrected chi connectivity index (χ1v) is 12.1. The summed E-state index contributed by atoms with van der Waals surface area (Å²) in [5.74, 6) is 7.61. The first-order valence-electron chi connectivity index (χ1n) is 12.1. The van der Waals surface area contributed by atoms with Crippen LogP contribution in [-0.4, -0.2) is 0 Å². The summed E-state index contributed by atoms with van der Waals surface area (Å²) in [6.07, 6.45) is 19.3. The largest absolute Gasteiger partial charge is 0.103 e. The average molecular weight is 399 g/mol. The lowest BCUT2D eigenvalue weighted by molar-refractivity contribution is 0.339. The van der Waals surface area contributed by atoms with E-state index in [1.807, 2.05) is 6.08 Å². The Balaban J connectivity index is 1.41. The van der Waals surface area contributed by atoms with Crippen molar-refractivity contribution >= 4 is 0 Å². The predicted molar refractivity (Wildman–Crippen MR) is 131 cm³/mol. The first-order chi connectivity index (χ1) is 14.8. The highest BCUT2D eigenvalue weighted by Gasteiger charge is 2.12. The number of aryl methyl sites for hydroxylation is 2. The Labute approximate surface area is 184 Å². The lowest BCUT2D eigenvalue weighted by atomic mass is 9.85. The SMILES string of the molecule is C=CCCCCCCc1ccc(C#Cc2ccc(CCC3CCCCC3)cc2)cc1. The predicted octanol–water partition coefficient (Wildman–Crippen LogP) is 8.28. The number of unbranched alkanes of at least 4 members (excludes halogenated alkanes) is 4. The second-order valence-electron chi connectivity index (χ2n) is 8.93. The van der Waals surface area contributed by atoms with Crippen LogP contribution in [-0.2, 0) is 12.8 Å². The van der Waals surface area contributed by atoms with Crippen LogP contribution in [0.2, 0.25) is 0 Å². The molecule has 1 saturated carbocycles. The molecule has 0 spiro atoms. The Morgan fingerprint density at radius 1 is 0.700 bits per heavy atom. The van der Waals surface area contributed by atoms with Gasteiger partial charge in [-0.15, -0.1) is 6.58 Å². The normalized spacial score (nSPS) is 14.1. The molecule has 0 saturated heterocycles. The molecule has 1 fully saturated rings. The average Bonchev–Trinajstić information content (AvgIpc) is 2.81. The van der Waals surface area contributed by atoms with Crippen LogP contribution in [0, 0.1) is 17.8 Å². The summed E-state index contributed by atoms with van der Waals surface area (Å²) in [6, 6.07) is 17.7. The zero-order valence-electron chi connectivity index (χ0n) is 18.7. The van der Waals surface area contributed by atoms with Crippen LogP contribution < -0.4 is 0 Å². The highest BCUT2D eigenvalue weighted by atomic mass is 14.2. The lowest BCUT2D eigenvalue weighted by Crippen LogP contribution is -2.07. The molecule has 0 N–H and O–H groups in total. The molecule has 30 heavy (non-hydrogen) atoms. The molecular weight excluding hydrogens is 360 g/mol. The van der Waals surface area contributed by atoms with E-state index in [4.69, 9.17) is 0 Å². The summed E-state index contributed by atoms with van der Waals surface area (Å²) in [4.78, 5) is 0. The zero-order valence-corrected chi connectivity index (χ0v) is 18.7. The molecule has 0 heterocycles. The van der Waals surface area contributed by atoms with Crippen molar-refractivity contribution in [2.45, 2.75) is 83.5 Å². The van der Waals surface area contributed by atoms with Crippen molar-refractivity contribution < 1.29 is 0 Å². The molecule has 0 radical (unpaired) electrons. The van der Waals surface area contributed by atoms with E-state index in [-0.39, 0.29) is 0 Å². The molecule has 0 aromatic heterocycles. The molecule has 0 amide bonds. The summed E-state index contributed by atoms with van der Waals surface area (Å²) >= 11 is 0. The molecule has 3 rings (SSSR count). The van der Waals surface area contributed by atoms with E-state index < -0.39 is 0 Å². The molecule has 0 atom stereocenters. The van der Waals surface area contributed by atoms with Gasteiger partial charge in [0, 0.05) is 11.1 Å². The molecule has 0 nitrogen and oxygen atoms in total. The van der Waals surface area contributed by atoms with Crippen molar-refractivity contribution in [2.24, 2.45) is 5.92 Å². The third kappa shape index (κ3) is 8.23. The van der Waals surface area contributed by atoms with Gasteiger partial charge < -0.3 is 0 Å². The monoisotopic (exact) mass is 398 g/mol. The summed E-state index contributed by atoms with van der Waals surface area (Å²) in [5.41, 5.74) is 5.10. The van der Waals surface area contributed by atoms with Gasteiger partial charge in [-0.2, -0.15) is 0 Å². The molecule has 158 valence electrons. The summed E-state index contributed by atoms with van der Waals surface area (Å²) in [7, 11) is 0. The minimum absolute atomic E-state index is 0.957. The van der Waals surface area contributed by atoms with E-state index in [0.29, 0.717) is 0 Å². The number of hydrogen-bond acceptors (Lipinski definition) is 0. The highest BCUT2D eigenvalue weighted by Crippen LogP contribution is 2.27. The molecule has 2 aromatic rings. The molecule has 0 unspecified atom stereocenters. The fraction of sp³-hybridized carbons (Fsp3) is 0.467. The molecule has 1 aliphatic carbocycles. The Morgan fingerprint density at radius 3 is 1.87 bits per heavy atom. The van der Waals surface area contributed by atoms with Crippen molar-refractivity contribution in [3.05, 3.63) is 83.4 Å². The maximum absolute atomic E-state index is 3.78. The van der Waals surface area contributed by atoms with Gasteiger partial charge in [0.1, 0.15) is 0 Å². The van der Waals surface area contributed by atoms with Gasteiger partial charge in [0.25, 0.3) is 0 Å². The topological polar surface area (TPSA) is 0 Å². The Bertz CT molecular complexity index is 792. The van der Waals surface area contributed by atoms with Gasteiger partial charge in [0.2, 0.25) is 0 Å². The smallest absolute Gasteiger partial charge is 0.0249 e. The second kappa shape index (κ2) is 13.1. The Hall–Kier alpha value is -2.26. The van der Waals surface area contributed by atoms with E-state index in [9.17, 15) is 0 Å². The molecule has 2 aromatic carbocycles. The fourth-order valence-corrected chi connectivity index (χ4v) is 4.47. The fourth-order valence-electron chi connectivity index (χ4n) is 4.47. The lowest BCUT2D eigenvalue weighted by Gasteiger charge is -2.21. The van der Waals surface area contributed by atoms with Crippen LogP contribution in [0.3, 0.4) is 0 Å². The van der Waals surface area contributed by atoms with Crippen LogP contribution in [0.4, 0.5) is 0 Å². The second-order valence-corrected chi connectivity index (χ2v) is 8.93. The van der Waals surface area contributed by atoms with Crippen LogP contribution in [0.5, 0.6) is 0 Å². The Kier molecular flexibility index (Phi) is 9.81. The van der Waals surface area contributed by atoms with Crippen LogP contribution in [0.1, 0.15) is 92.9 Å². The van der Waals surface area contributed by atoms with E-state index in [1.54, 1.807) is 0 Å². The van der Waals surface area contributed by atoms with E-state index in [1.165, 1.54) is 88.2 Å². The quantitative estimate of drug-likeness (QED) is 0.214. The van der Waals surface area contributed by atoms with Gasteiger partial charge in [-0.05, 0) is 79.8 Å². The van der Waals surface area contributed by atoms with Crippen molar-refractivity contribution in [1.29, 1.82) is 0 Å². The Morgan fingerprint density at radius 2 is 1.27 bits per heavy atom. The van der Waals surface area contributed by atoms with Crippen molar-refractivity contribution in [3.8, 4) is 11.8 Å². The number of rotatable bonds is 10. The zero-order chi connectivity index (χ0) is 20.9. The standard InChI is InChI=1S/C30H38/c1-2-3-4-5-6-8-13-27-15-18-29(19-16-27)22-25-30-23-20-28(21-24-30)17-14-26-11-9-7-10-12-26/h2,15-16,18-21,23-24,26H,1,3-14,17H2. The van der Waals surface area contributed by atoms with Crippen LogP contribution >= 0.6 is 0 Å². The third-order valence-corrected chi connectivity index (χ3v) is 6.45. The summed E-state index contributed by atoms with van der Waals surface area (Å²) in [6.45, 7) is 3.78. The summed E-state index contributed by atoms with van der Waals surface area (Å²) < 4.78 is 0. The first kappa shape index (κ1) is 22.4. The third-order valence-electron chi connectivity index (χ3n) is 6.45. The number of hydrogen-bond donors (Lipinski definition) is 0. The highest BCUT2D eigenvalue weighted by molar-refractivity contribution is 5.44. The molecule has 0 aliphatic heterocycles. The van der Waals surface area contributed by atoms with E-state index in [2.05, 4.69) is 67.0 Å². The van der Waals surface area contributed by atoms with Crippen LogP contribution in [0.25, 0.3) is 0 Å². The maximum Gasteiger partial charge on any atom is 0.0249 e. The molecular formula is C30H38. The number of benzene rings is 2. The van der Waals surface area contributed by atoms with Crippen molar-refractivity contribution in [2.75, 3.05) is 0 Å². The van der Waals surface area contributed by atoms with Gasteiger partial charge in [0.05, 0.1) is 0 Å². The molecule has 0 bridgehead atoms. The minimum Gasteiger partial charge on any atom is -0.103 e. The van der Waals surface area contributed by atoms with Crippen molar-refractivity contribution in [1.82, 2.24) is 0 Å². The van der Waals surface area contributed by atoms with E-state index in [0.717, 1.165) is 23.5 Å². The minimum atomic E-state index is 0.957. The van der Waals surface area contributed by atoms with Crippen molar-refractivity contribution in [3.63, 3.8) is 0 Å².